The SMILES string of the molecule is C[C@@H]1O[C@H](Oc2cc(O)c3c(=O)c(O)c(-c4ccc(O)cc4)oc3c2)[C@H](O)[C@H](O)[C@H]1O. The summed E-state index contributed by atoms with van der Waals surface area (Å²) in [6, 6.07) is 7.87. The summed E-state index contributed by atoms with van der Waals surface area (Å²) in [7, 11) is 0. The summed E-state index contributed by atoms with van der Waals surface area (Å²) >= 11 is 0. The van der Waals surface area contributed by atoms with E-state index in [9.17, 15) is 35.4 Å². The minimum absolute atomic E-state index is 0.0210. The molecule has 2 aromatic carbocycles. The van der Waals surface area contributed by atoms with Crippen molar-refractivity contribution in [3.8, 4) is 34.3 Å². The Balaban J connectivity index is 1.76. The molecule has 31 heavy (non-hydrogen) atoms. The summed E-state index contributed by atoms with van der Waals surface area (Å²) in [6.07, 6.45) is -6.62. The first-order valence-electron chi connectivity index (χ1n) is 9.36. The lowest BCUT2D eigenvalue weighted by Crippen LogP contribution is -2.58. The molecule has 0 spiro atoms. The van der Waals surface area contributed by atoms with Crippen molar-refractivity contribution in [2.45, 2.75) is 37.6 Å². The first kappa shape index (κ1) is 20.9. The summed E-state index contributed by atoms with van der Waals surface area (Å²) in [4.78, 5) is 12.6. The van der Waals surface area contributed by atoms with Crippen LogP contribution in [0.2, 0.25) is 0 Å². The lowest BCUT2D eigenvalue weighted by atomic mass is 10.00. The molecule has 2 heterocycles. The van der Waals surface area contributed by atoms with Gasteiger partial charge in [-0.15, -0.1) is 0 Å². The molecule has 10 heteroatoms. The summed E-state index contributed by atoms with van der Waals surface area (Å²) in [5.74, 6) is -1.54. The van der Waals surface area contributed by atoms with Gasteiger partial charge >= 0.3 is 0 Å². The Morgan fingerprint density at radius 2 is 1.61 bits per heavy atom. The number of rotatable bonds is 3. The maximum Gasteiger partial charge on any atom is 0.238 e. The van der Waals surface area contributed by atoms with E-state index in [0.29, 0.717) is 5.56 Å². The maximum absolute atomic E-state index is 12.6. The monoisotopic (exact) mass is 432 g/mol. The smallest absolute Gasteiger partial charge is 0.238 e. The molecule has 164 valence electrons. The maximum atomic E-state index is 12.6. The number of ether oxygens (including phenoxy) is 2. The van der Waals surface area contributed by atoms with Gasteiger partial charge in [0.25, 0.3) is 0 Å². The predicted octanol–water partition coefficient (Wildman–Crippen LogP) is 0.783. The number of fused-ring (bicyclic) bond motifs is 1. The van der Waals surface area contributed by atoms with Gasteiger partial charge in [-0.1, -0.05) is 0 Å². The van der Waals surface area contributed by atoms with Crippen LogP contribution >= 0.6 is 0 Å². The van der Waals surface area contributed by atoms with Crippen molar-refractivity contribution in [1.29, 1.82) is 0 Å². The van der Waals surface area contributed by atoms with Gasteiger partial charge in [-0.05, 0) is 31.2 Å². The van der Waals surface area contributed by atoms with Crippen LogP contribution < -0.4 is 10.2 Å². The molecule has 10 nitrogen and oxygen atoms in total. The van der Waals surface area contributed by atoms with Crippen molar-refractivity contribution >= 4 is 11.0 Å². The molecule has 3 aromatic rings. The minimum atomic E-state index is -1.58. The zero-order valence-corrected chi connectivity index (χ0v) is 16.2. The van der Waals surface area contributed by atoms with E-state index in [-0.39, 0.29) is 28.2 Å². The van der Waals surface area contributed by atoms with Crippen molar-refractivity contribution in [3.05, 3.63) is 46.6 Å². The zero-order valence-electron chi connectivity index (χ0n) is 16.2. The summed E-state index contributed by atoms with van der Waals surface area (Å²) < 4.78 is 16.5. The molecule has 5 atom stereocenters. The standard InChI is InChI=1S/C21H20O10/c1-8-15(24)17(26)19(28)21(29-8)30-11-6-12(23)14-13(7-11)31-20(18(27)16(14)25)9-2-4-10(22)5-3-9/h2-8,15,17,19,21-24,26-28H,1H3/t8-,15-,17+,19+,21+/m0/s1. The highest BCUT2D eigenvalue weighted by Gasteiger charge is 2.43. The molecule has 6 N–H and O–H groups in total. The molecule has 0 bridgehead atoms. The van der Waals surface area contributed by atoms with E-state index in [4.69, 9.17) is 13.9 Å². The van der Waals surface area contributed by atoms with Crippen LogP contribution in [-0.2, 0) is 4.74 Å². The van der Waals surface area contributed by atoms with Gasteiger partial charge in [0.05, 0.1) is 6.10 Å². The highest BCUT2D eigenvalue weighted by Crippen LogP contribution is 2.36. The number of phenols is 2. The Labute approximate surface area is 174 Å². The molecule has 0 radical (unpaired) electrons. The van der Waals surface area contributed by atoms with E-state index in [0.717, 1.165) is 6.07 Å². The molecule has 4 rings (SSSR count). The van der Waals surface area contributed by atoms with Gasteiger partial charge in [0.2, 0.25) is 17.5 Å². The van der Waals surface area contributed by atoms with Crippen molar-refractivity contribution in [3.63, 3.8) is 0 Å². The van der Waals surface area contributed by atoms with Crippen LogP contribution in [0.3, 0.4) is 0 Å². The van der Waals surface area contributed by atoms with Gasteiger partial charge in [0.15, 0.2) is 5.76 Å². The van der Waals surface area contributed by atoms with Gasteiger partial charge in [-0.2, -0.15) is 0 Å². The first-order chi connectivity index (χ1) is 14.7. The second kappa shape index (κ2) is 7.75. The Kier molecular flexibility index (Phi) is 5.23. The third-order valence-electron chi connectivity index (χ3n) is 5.11. The largest absolute Gasteiger partial charge is 0.508 e. The molecule has 0 aliphatic carbocycles. The molecule has 1 saturated heterocycles. The molecular formula is C21H20O10. The van der Waals surface area contributed by atoms with Crippen LogP contribution in [0, 0.1) is 0 Å². The highest BCUT2D eigenvalue weighted by molar-refractivity contribution is 5.88. The molecular weight excluding hydrogens is 412 g/mol. The fourth-order valence-corrected chi connectivity index (χ4v) is 3.39. The van der Waals surface area contributed by atoms with E-state index in [1.165, 1.54) is 37.3 Å². The number of aromatic hydroxyl groups is 3. The fourth-order valence-electron chi connectivity index (χ4n) is 3.39. The summed E-state index contributed by atoms with van der Waals surface area (Å²) in [5, 5.41) is 59.6. The molecule has 0 amide bonds. The number of aliphatic hydroxyl groups is 3. The quantitative estimate of drug-likeness (QED) is 0.348. The van der Waals surface area contributed by atoms with E-state index in [2.05, 4.69) is 0 Å². The number of hydrogen-bond donors (Lipinski definition) is 6. The average molecular weight is 432 g/mol. The van der Waals surface area contributed by atoms with E-state index < -0.39 is 47.6 Å². The van der Waals surface area contributed by atoms with Crippen LogP contribution in [0.5, 0.6) is 23.0 Å². The summed E-state index contributed by atoms with van der Waals surface area (Å²) in [6.45, 7) is 1.49. The lowest BCUT2D eigenvalue weighted by Gasteiger charge is -2.38. The third-order valence-corrected chi connectivity index (χ3v) is 5.11. The average Bonchev–Trinajstić information content (AvgIpc) is 2.73. The number of benzene rings is 2. The van der Waals surface area contributed by atoms with Crippen LogP contribution in [0.25, 0.3) is 22.3 Å². The topological polar surface area (TPSA) is 170 Å². The Bertz CT molecular complexity index is 1170. The predicted molar refractivity (Wildman–Crippen MR) is 106 cm³/mol. The van der Waals surface area contributed by atoms with Gasteiger partial charge in [-0.3, -0.25) is 4.79 Å². The molecule has 1 fully saturated rings. The Morgan fingerprint density at radius 1 is 0.935 bits per heavy atom. The van der Waals surface area contributed by atoms with Crippen LogP contribution in [0.1, 0.15) is 6.92 Å². The molecule has 1 aliphatic rings. The van der Waals surface area contributed by atoms with Gasteiger partial charge in [-0.25, -0.2) is 0 Å². The molecule has 0 saturated carbocycles. The van der Waals surface area contributed by atoms with E-state index in [1.54, 1.807) is 0 Å². The molecule has 1 aliphatic heterocycles. The highest BCUT2D eigenvalue weighted by atomic mass is 16.7. The minimum Gasteiger partial charge on any atom is -0.508 e. The van der Waals surface area contributed by atoms with Crippen molar-refractivity contribution in [2.75, 3.05) is 0 Å². The first-order valence-corrected chi connectivity index (χ1v) is 9.36. The van der Waals surface area contributed by atoms with Crippen LogP contribution in [-0.4, -0.2) is 61.3 Å². The number of hydrogen-bond acceptors (Lipinski definition) is 10. The Morgan fingerprint density at radius 3 is 2.29 bits per heavy atom. The molecule has 1 aromatic heterocycles. The number of phenolic OH excluding ortho intramolecular Hbond substituents is 2. The third kappa shape index (κ3) is 3.66. The Hall–Kier alpha value is -3.31. The molecule has 0 unspecified atom stereocenters. The fraction of sp³-hybridized carbons (Fsp3) is 0.286. The van der Waals surface area contributed by atoms with Crippen LogP contribution in [0.4, 0.5) is 0 Å². The zero-order chi connectivity index (χ0) is 22.4. The lowest BCUT2D eigenvalue weighted by molar-refractivity contribution is -0.268. The van der Waals surface area contributed by atoms with Gasteiger partial charge < -0.3 is 44.5 Å². The van der Waals surface area contributed by atoms with E-state index >= 15 is 0 Å². The van der Waals surface area contributed by atoms with Crippen molar-refractivity contribution in [1.82, 2.24) is 0 Å². The van der Waals surface area contributed by atoms with Gasteiger partial charge in [0, 0.05) is 17.7 Å². The van der Waals surface area contributed by atoms with Crippen molar-refractivity contribution in [2.24, 2.45) is 0 Å². The number of aliphatic hydroxyl groups excluding tert-OH is 3. The summed E-state index contributed by atoms with van der Waals surface area (Å²) in [5.41, 5.74) is -0.702. The van der Waals surface area contributed by atoms with Gasteiger partial charge in [0.1, 0.15) is 46.5 Å². The van der Waals surface area contributed by atoms with E-state index in [1.807, 2.05) is 0 Å². The van der Waals surface area contributed by atoms with Crippen LogP contribution in [0.15, 0.2) is 45.6 Å². The second-order valence-electron chi connectivity index (χ2n) is 7.27. The van der Waals surface area contributed by atoms with Crippen molar-refractivity contribution < 1.29 is 44.5 Å². The normalized spacial score (nSPS) is 26.1. The second-order valence-corrected chi connectivity index (χ2v) is 7.27.